The first-order valence-electron chi connectivity index (χ1n) is 7.95. The molecule has 0 aliphatic rings. The number of halogens is 2. The lowest BCUT2D eigenvalue weighted by atomic mass is 10.00. The molecule has 0 unspecified atom stereocenters. The third kappa shape index (κ3) is 4.46. The van der Waals surface area contributed by atoms with Gasteiger partial charge < -0.3 is 0 Å². The molecule has 3 nitrogen and oxygen atoms in total. The minimum Gasteiger partial charge on any atom is -0.207 e. The third-order valence-corrected chi connectivity index (χ3v) is 5.95. The molecule has 3 aromatic carbocycles. The minimum absolute atomic E-state index is 0.219. The van der Waals surface area contributed by atoms with Crippen LogP contribution in [0.5, 0.6) is 0 Å². The van der Waals surface area contributed by atoms with E-state index in [-0.39, 0.29) is 4.90 Å². The zero-order valence-electron chi connectivity index (χ0n) is 14.0. The van der Waals surface area contributed by atoms with Gasteiger partial charge in [0.25, 0.3) is 0 Å². The van der Waals surface area contributed by atoms with Crippen molar-refractivity contribution in [1.82, 2.24) is 4.72 Å². The molecule has 0 spiro atoms. The van der Waals surface area contributed by atoms with Gasteiger partial charge in [-0.05, 0) is 54.4 Å². The fourth-order valence-electron chi connectivity index (χ4n) is 2.58. The van der Waals surface area contributed by atoms with Crippen molar-refractivity contribution in [2.45, 2.75) is 17.9 Å². The van der Waals surface area contributed by atoms with Crippen molar-refractivity contribution in [1.29, 1.82) is 0 Å². The van der Waals surface area contributed by atoms with Crippen molar-refractivity contribution in [3.8, 4) is 0 Å². The van der Waals surface area contributed by atoms with Crippen LogP contribution in [-0.2, 0) is 10.0 Å². The van der Waals surface area contributed by atoms with Crippen molar-refractivity contribution in [3.63, 3.8) is 0 Å². The molecule has 6 heteroatoms. The van der Waals surface area contributed by atoms with Gasteiger partial charge in [0.1, 0.15) is 0 Å². The summed E-state index contributed by atoms with van der Waals surface area (Å²) in [6.07, 6.45) is 0. The Labute approximate surface area is 163 Å². The van der Waals surface area contributed by atoms with Crippen LogP contribution in [0.1, 0.15) is 22.7 Å². The van der Waals surface area contributed by atoms with E-state index in [1.807, 2.05) is 6.92 Å². The molecule has 3 rings (SSSR count). The van der Waals surface area contributed by atoms with E-state index in [9.17, 15) is 8.42 Å². The molecule has 0 aliphatic heterocycles. The Morgan fingerprint density at radius 3 is 1.58 bits per heavy atom. The Morgan fingerprint density at radius 2 is 1.15 bits per heavy atom. The van der Waals surface area contributed by atoms with Gasteiger partial charge in [-0.15, -0.1) is 0 Å². The molecule has 0 bridgehead atoms. The van der Waals surface area contributed by atoms with E-state index >= 15 is 0 Å². The SMILES string of the molecule is Cc1ccc(S(=O)(=O)NC(c2ccc(Cl)cc2)c2ccc(Cl)cc2)cc1. The fourth-order valence-corrected chi connectivity index (χ4v) is 4.04. The van der Waals surface area contributed by atoms with Gasteiger partial charge in [0.05, 0.1) is 10.9 Å². The smallest absolute Gasteiger partial charge is 0.207 e. The lowest BCUT2D eigenvalue weighted by molar-refractivity contribution is 0.572. The van der Waals surface area contributed by atoms with Gasteiger partial charge in [0.2, 0.25) is 10.0 Å². The molecule has 0 aliphatic carbocycles. The molecule has 0 saturated carbocycles. The first kappa shape index (κ1) is 18.9. The number of nitrogens with one attached hydrogen (secondary N) is 1. The van der Waals surface area contributed by atoms with Crippen molar-refractivity contribution in [2.75, 3.05) is 0 Å². The lowest BCUT2D eigenvalue weighted by Crippen LogP contribution is -2.29. The molecule has 0 radical (unpaired) electrons. The van der Waals surface area contributed by atoms with Gasteiger partial charge in [0, 0.05) is 10.0 Å². The number of hydrogen-bond donors (Lipinski definition) is 1. The van der Waals surface area contributed by atoms with Crippen LogP contribution < -0.4 is 4.72 Å². The highest BCUT2D eigenvalue weighted by molar-refractivity contribution is 7.89. The summed E-state index contributed by atoms with van der Waals surface area (Å²) in [6.45, 7) is 1.91. The minimum atomic E-state index is -3.71. The van der Waals surface area contributed by atoms with Crippen LogP contribution in [0, 0.1) is 6.92 Å². The van der Waals surface area contributed by atoms with Crippen LogP contribution in [0.4, 0.5) is 0 Å². The van der Waals surface area contributed by atoms with Crippen molar-refractivity contribution < 1.29 is 8.42 Å². The fraction of sp³-hybridized carbons (Fsp3) is 0.100. The van der Waals surface area contributed by atoms with Crippen LogP contribution >= 0.6 is 23.2 Å². The Hall–Kier alpha value is -1.85. The third-order valence-electron chi connectivity index (χ3n) is 4.01. The van der Waals surface area contributed by atoms with E-state index in [1.54, 1.807) is 72.8 Å². The molecule has 0 aromatic heterocycles. The first-order valence-corrected chi connectivity index (χ1v) is 10.2. The molecule has 0 heterocycles. The molecule has 0 amide bonds. The molecule has 0 atom stereocenters. The van der Waals surface area contributed by atoms with Gasteiger partial charge in [-0.3, -0.25) is 0 Å². The zero-order valence-corrected chi connectivity index (χ0v) is 16.3. The molecule has 3 aromatic rings. The van der Waals surface area contributed by atoms with Gasteiger partial charge >= 0.3 is 0 Å². The topological polar surface area (TPSA) is 46.2 Å². The van der Waals surface area contributed by atoms with Gasteiger partial charge in [-0.2, -0.15) is 4.72 Å². The van der Waals surface area contributed by atoms with Crippen LogP contribution in [0.15, 0.2) is 77.7 Å². The summed E-state index contributed by atoms with van der Waals surface area (Å²) < 4.78 is 28.5. The van der Waals surface area contributed by atoms with E-state index in [0.29, 0.717) is 10.0 Å². The standard InChI is InChI=1S/C20H17Cl2NO2S/c1-14-2-12-19(13-3-14)26(24,25)23-20(15-4-8-17(21)9-5-15)16-6-10-18(22)11-7-16/h2-13,20,23H,1H3. The number of benzene rings is 3. The van der Waals surface area contributed by atoms with Crippen molar-refractivity contribution >= 4 is 33.2 Å². The molecular formula is C20H17Cl2NO2S. The Balaban J connectivity index is 2.01. The molecule has 134 valence electrons. The van der Waals surface area contributed by atoms with Crippen LogP contribution in [-0.4, -0.2) is 8.42 Å². The Morgan fingerprint density at radius 1 is 0.731 bits per heavy atom. The summed E-state index contributed by atoms with van der Waals surface area (Å²) in [7, 11) is -3.71. The van der Waals surface area contributed by atoms with E-state index in [1.165, 1.54) is 0 Å². The summed E-state index contributed by atoms with van der Waals surface area (Å²) in [4.78, 5) is 0.219. The predicted octanol–water partition coefficient (Wildman–Crippen LogP) is 5.37. The van der Waals surface area contributed by atoms with Crippen molar-refractivity contribution in [2.24, 2.45) is 0 Å². The summed E-state index contributed by atoms with van der Waals surface area (Å²) in [5, 5.41) is 1.18. The van der Waals surface area contributed by atoms with Gasteiger partial charge in [0.15, 0.2) is 0 Å². The predicted molar refractivity (Wildman–Crippen MR) is 106 cm³/mol. The highest BCUT2D eigenvalue weighted by atomic mass is 35.5. The molecular weight excluding hydrogens is 389 g/mol. The average Bonchev–Trinajstić information content (AvgIpc) is 2.62. The number of sulfonamides is 1. The van der Waals surface area contributed by atoms with Crippen LogP contribution in [0.3, 0.4) is 0 Å². The second-order valence-electron chi connectivity index (χ2n) is 5.97. The molecule has 0 saturated heterocycles. The zero-order chi connectivity index (χ0) is 18.7. The summed E-state index contributed by atoms with van der Waals surface area (Å²) >= 11 is 11.9. The largest absolute Gasteiger partial charge is 0.241 e. The highest BCUT2D eigenvalue weighted by Gasteiger charge is 2.23. The molecule has 1 N–H and O–H groups in total. The van der Waals surface area contributed by atoms with E-state index < -0.39 is 16.1 Å². The Bertz CT molecular complexity index is 938. The van der Waals surface area contributed by atoms with Crippen LogP contribution in [0.25, 0.3) is 0 Å². The van der Waals surface area contributed by atoms with Crippen molar-refractivity contribution in [3.05, 3.63) is 99.5 Å². The summed E-state index contributed by atoms with van der Waals surface area (Å²) in [5.41, 5.74) is 2.57. The summed E-state index contributed by atoms with van der Waals surface area (Å²) in [6, 6.07) is 20.3. The quantitative estimate of drug-likeness (QED) is 0.619. The lowest BCUT2D eigenvalue weighted by Gasteiger charge is -2.20. The maximum absolute atomic E-state index is 12.9. The maximum Gasteiger partial charge on any atom is 0.241 e. The Kier molecular flexibility index (Phi) is 5.68. The summed E-state index contributed by atoms with van der Waals surface area (Å²) in [5.74, 6) is 0. The van der Waals surface area contributed by atoms with E-state index in [2.05, 4.69) is 4.72 Å². The average molecular weight is 406 g/mol. The molecule has 26 heavy (non-hydrogen) atoms. The number of rotatable bonds is 5. The second kappa shape index (κ2) is 7.80. The van der Waals surface area contributed by atoms with Gasteiger partial charge in [-0.25, -0.2) is 8.42 Å². The first-order chi connectivity index (χ1) is 12.3. The van der Waals surface area contributed by atoms with E-state index in [0.717, 1.165) is 16.7 Å². The number of hydrogen-bond acceptors (Lipinski definition) is 2. The highest BCUT2D eigenvalue weighted by Crippen LogP contribution is 2.27. The number of aryl methyl sites for hydroxylation is 1. The van der Waals surface area contributed by atoms with Crippen LogP contribution in [0.2, 0.25) is 10.0 Å². The second-order valence-corrected chi connectivity index (χ2v) is 8.56. The monoisotopic (exact) mass is 405 g/mol. The van der Waals surface area contributed by atoms with Gasteiger partial charge in [-0.1, -0.05) is 65.2 Å². The molecule has 0 fully saturated rings. The van der Waals surface area contributed by atoms with E-state index in [4.69, 9.17) is 23.2 Å². The normalized spacial score (nSPS) is 11.7. The maximum atomic E-state index is 12.9.